The van der Waals surface area contributed by atoms with Crippen LogP contribution in [0.3, 0.4) is 0 Å². The van der Waals surface area contributed by atoms with Crippen molar-refractivity contribution in [2.45, 2.75) is 33.2 Å². The van der Waals surface area contributed by atoms with Crippen LogP contribution in [0.1, 0.15) is 37.6 Å². The third-order valence-corrected chi connectivity index (χ3v) is 5.63. The van der Waals surface area contributed by atoms with Gasteiger partial charge in [-0.2, -0.15) is 0 Å². The highest BCUT2D eigenvalue weighted by molar-refractivity contribution is 7.91. The summed E-state index contributed by atoms with van der Waals surface area (Å²) in [7, 11) is -3.02. The summed E-state index contributed by atoms with van der Waals surface area (Å²) in [5, 5.41) is 0. The molecule has 0 radical (unpaired) electrons. The Labute approximate surface area is 138 Å². The Morgan fingerprint density at radius 1 is 1.30 bits per heavy atom. The van der Waals surface area contributed by atoms with E-state index in [9.17, 15) is 13.2 Å². The Morgan fingerprint density at radius 3 is 2.43 bits per heavy atom. The van der Waals surface area contributed by atoms with Crippen LogP contribution in [0.15, 0.2) is 24.3 Å². The van der Waals surface area contributed by atoms with Gasteiger partial charge in [0.25, 0.3) is 5.91 Å². The molecular weight excluding hydrogens is 314 g/mol. The highest BCUT2D eigenvalue weighted by atomic mass is 32.2. The van der Waals surface area contributed by atoms with Gasteiger partial charge in [0.2, 0.25) is 0 Å². The summed E-state index contributed by atoms with van der Waals surface area (Å²) in [5.74, 6) is 1.14. The van der Waals surface area contributed by atoms with E-state index in [4.69, 9.17) is 4.74 Å². The van der Waals surface area contributed by atoms with Gasteiger partial charge in [0, 0.05) is 18.2 Å². The van der Waals surface area contributed by atoms with Crippen molar-refractivity contribution in [3.63, 3.8) is 0 Å². The molecule has 1 aliphatic heterocycles. The molecule has 0 aliphatic carbocycles. The molecule has 6 heteroatoms. The number of amides is 1. The summed E-state index contributed by atoms with van der Waals surface area (Å²) >= 11 is 0. The SMILES string of the molecule is CCOc1ccc(C(=O)N(CC(C)C)C2CCS(=O)(=O)C2)cc1. The second kappa shape index (κ2) is 7.34. The predicted octanol–water partition coefficient (Wildman–Crippen LogP) is 2.37. The van der Waals surface area contributed by atoms with Crippen LogP contribution in [0.5, 0.6) is 5.75 Å². The lowest BCUT2D eigenvalue weighted by Crippen LogP contribution is -2.43. The number of carbonyl (C=O) groups excluding carboxylic acids is 1. The van der Waals surface area contributed by atoms with Gasteiger partial charge in [-0.05, 0) is 43.5 Å². The van der Waals surface area contributed by atoms with Gasteiger partial charge in [0.15, 0.2) is 9.84 Å². The summed E-state index contributed by atoms with van der Waals surface area (Å²) in [5.41, 5.74) is 0.568. The maximum absolute atomic E-state index is 12.8. The third kappa shape index (κ3) is 4.70. The van der Waals surface area contributed by atoms with E-state index in [2.05, 4.69) is 0 Å². The molecule has 0 aromatic heterocycles. The molecule has 1 aromatic rings. The number of hydrogen-bond acceptors (Lipinski definition) is 4. The van der Waals surface area contributed by atoms with Crippen molar-refractivity contribution in [1.29, 1.82) is 0 Å². The molecule has 0 N–H and O–H groups in total. The lowest BCUT2D eigenvalue weighted by molar-refractivity contribution is 0.0672. The maximum atomic E-state index is 12.8. The molecule has 0 bridgehead atoms. The molecule has 1 atom stereocenters. The van der Waals surface area contributed by atoms with Gasteiger partial charge in [-0.15, -0.1) is 0 Å². The van der Waals surface area contributed by atoms with Gasteiger partial charge in [0.1, 0.15) is 5.75 Å². The summed E-state index contributed by atoms with van der Waals surface area (Å²) in [6.07, 6.45) is 0.526. The molecule has 1 aromatic carbocycles. The Morgan fingerprint density at radius 2 is 1.96 bits per heavy atom. The first-order valence-corrected chi connectivity index (χ1v) is 9.88. The molecule has 1 fully saturated rings. The van der Waals surface area contributed by atoms with E-state index in [1.807, 2.05) is 20.8 Å². The quantitative estimate of drug-likeness (QED) is 0.798. The summed E-state index contributed by atoms with van der Waals surface area (Å²) in [4.78, 5) is 14.6. The van der Waals surface area contributed by atoms with E-state index in [-0.39, 0.29) is 29.4 Å². The van der Waals surface area contributed by atoms with Gasteiger partial charge < -0.3 is 9.64 Å². The minimum absolute atomic E-state index is 0.0719. The van der Waals surface area contributed by atoms with E-state index < -0.39 is 9.84 Å². The van der Waals surface area contributed by atoms with Crippen LogP contribution in [-0.4, -0.2) is 49.9 Å². The van der Waals surface area contributed by atoms with Gasteiger partial charge in [0.05, 0.1) is 18.1 Å². The molecule has 1 aliphatic rings. The first-order valence-electron chi connectivity index (χ1n) is 8.06. The van der Waals surface area contributed by atoms with Crippen LogP contribution in [0.25, 0.3) is 0 Å². The van der Waals surface area contributed by atoms with E-state index >= 15 is 0 Å². The molecule has 2 rings (SSSR count). The minimum Gasteiger partial charge on any atom is -0.494 e. The topological polar surface area (TPSA) is 63.7 Å². The van der Waals surface area contributed by atoms with Gasteiger partial charge >= 0.3 is 0 Å². The highest BCUT2D eigenvalue weighted by Gasteiger charge is 2.35. The maximum Gasteiger partial charge on any atom is 0.254 e. The number of benzene rings is 1. The molecule has 1 saturated heterocycles. The van der Waals surface area contributed by atoms with Crippen molar-refractivity contribution in [3.05, 3.63) is 29.8 Å². The molecule has 0 saturated carbocycles. The Bertz CT molecular complexity index is 637. The fourth-order valence-electron chi connectivity index (χ4n) is 2.84. The van der Waals surface area contributed by atoms with Crippen molar-refractivity contribution in [2.24, 2.45) is 5.92 Å². The van der Waals surface area contributed by atoms with E-state index in [1.165, 1.54) is 0 Å². The van der Waals surface area contributed by atoms with Gasteiger partial charge in [-0.1, -0.05) is 13.8 Å². The van der Waals surface area contributed by atoms with Gasteiger partial charge in [-0.3, -0.25) is 4.79 Å². The van der Waals surface area contributed by atoms with E-state index in [1.54, 1.807) is 29.2 Å². The molecule has 128 valence electrons. The smallest absolute Gasteiger partial charge is 0.254 e. The van der Waals surface area contributed by atoms with Crippen molar-refractivity contribution >= 4 is 15.7 Å². The predicted molar refractivity (Wildman–Crippen MR) is 90.5 cm³/mol. The zero-order valence-corrected chi connectivity index (χ0v) is 14.8. The molecule has 1 amide bonds. The fourth-order valence-corrected chi connectivity index (χ4v) is 4.57. The number of carbonyl (C=O) groups is 1. The largest absolute Gasteiger partial charge is 0.494 e. The third-order valence-electron chi connectivity index (χ3n) is 3.88. The van der Waals surface area contributed by atoms with E-state index in [0.717, 1.165) is 5.75 Å². The number of ether oxygens (including phenoxy) is 1. The minimum atomic E-state index is -3.02. The van der Waals surface area contributed by atoms with Crippen molar-refractivity contribution in [1.82, 2.24) is 4.90 Å². The molecular formula is C17H25NO4S. The Kier molecular flexibility index (Phi) is 5.68. The van der Waals surface area contributed by atoms with Gasteiger partial charge in [-0.25, -0.2) is 8.42 Å². The van der Waals surface area contributed by atoms with Crippen LogP contribution in [0.2, 0.25) is 0 Å². The van der Waals surface area contributed by atoms with Crippen molar-refractivity contribution in [2.75, 3.05) is 24.7 Å². The summed E-state index contributed by atoms with van der Waals surface area (Å²) < 4.78 is 28.9. The second-order valence-electron chi connectivity index (χ2n) is 6.37. The molecule has 1 heterocycles. The number of rotatable bonds is 6. The standard InChI is InChI=1S/C17H25NO4S/c1-4-22-16-7-5-14(6-8-16)17(19)18(11-13(2)3)15-9-10-23(20,21)12-15/h5-8,13,15H,4,9-12H2,1-3H3. The Hall–Kier alpha value is -1.56. The zero-order valence-electron chi connectivity index (χ0n) is 14.0. The first kappa shape index (κ1) is 17.8. The van der Waals surface area contributed by atoms with Crippen LogP contribution >= 0.6 is 0 Å². The lowest BCUT2D eigenvalue weighted by atomic mass is 10.1. The first-order chi connectivity index (χ1) is 10.8. The normalized spacial score (nSPS) is 19.7. The molecule has 23 heavy (non-hydrogen) atoms. The summed E-state index contributed by atoms with van der Waals surface area (Å²) in [6.45, 7) is 7.10. The van der Waals surface area contributed by atoms with Crippen LogP contribution in [0, 0.1) is 5.92 Å². The van der Waals surface area contributed by atoms with E-state index in [0.29, 0.717) is 25.1 Å². The Balaban J connectivity index is 2.19. The van der Waals surface area contributed by atoms with Crippen LogP contribution in [-0.2, 0) is 9.84 Å². The number of sulfone groups is 1. The summed E-state index contributed by atoms with van der Waals surface area (Å²) in [6, 6.07) is 6.81. The van der Waals surface area contributed by atoms with Crippen molar-refractivity contribution < 1.29 is 17.9 Å². The second-order valence-corrected chi connectivity index (χ2v) is 8.59. The zero-order chi connectivity index (χ0) is 17.0. The average Bonchev–Trinajstić information content (AvgIpc) is 2.85. The average molecular weight is 339 g/mol. The molecule has 1 unspecified atom stereocenters. The van der Waals surface area contributed by atoms with Crippen molar-refractivity contribution in [3.8, 4) is 5.75 Å². The van der Waals surface area contributed by atoms with Crippen LogP contribution in [0.4, 0.5) is 0 Å². The highest BCUT2D eigenvalue weighted by Crippen LogP contribution is 2.22. The fraction of sp³-hybridized carbons (Fsp3) is 0.588. The number of hydrogen-bond donors (Lipinski definition) is 0. The monoisotopic (exact) mass is 339 g/mol. The van der Waals surface area contributed by atoms with Crippen LogP contribution < -0.4 is 4.74 Å². The number of nitrogens with zero attached hydrogens (tertiary/aromatic N) is 1. The molecule has 5 nitrogen and oxygen atoms in total. The lowest BCUT2D eigenvalue weighted by Gasteiger charge is -2.30. The molecule has 0 spiro atoms.